The van der Waals surface area contributed by atoms with Crippen molar-refractivity contribution in [1.82, 2.24) is 10.6 Å². The van der Waals surface area contributed by atoms with E-state index in [1.54, 1.807) is 23.5 Å². The molecule has 1 aromatic carbocycles. The lowest BCUT2D eigenvalue weighted by molar-refractivity contribution is -0.384. The smallest absolute Gasteiger partial charge is 0.269 e. The molecule has 2 N–H and O–H groups in total. The predicted molar refractivity (Wildman–Crippen MR) is 123 cm³/mol. The van der Waals surface area contributed by atoms with Crippen molar-refractivity contribution >= 4 is 47.0 Å². The van der Waals surface area contributed by atoms with E-state index >= 15 is 0 Å². The molecule has 0 amide bonds. The number of nitro groups is 1. The number of halogens is 1. The van der Waals surface area contributed by atoms with Gasteiger partial charge in [0.15, 0.2) is 5.96 Å². The topological polar surface area (TPSA) is 88.8 Å². The van der Waals surface area contributed by atoms with E-state index in [0.29, 0.717) is 6.54 Å². The van der Waals surface area contributed by atoms with Crippen LogP contribution in [-0.4, -0.2) is 36.7 Å². The molecule has 0 aliphatic carbocycles. The number of rotatable bonds is 8. The van der Waals surface area contributed by atoms with Crippen LogP contribution < -0.4 is 10.6 Å². The van der Waals surface area contributed by atoms with E-state index < -0.39 is 4.92 Å². The van der Waals surface area contributed by atoms with E-state index in [1.165, 1.54) is 17.0 Å². The van der Waals surface area contributed by atoms with Crippen molar-refractivity contribution in [2.75, 3.05) is 19.7 Å². The van der Waals surface area contributed by atoms with Crippen LogP contribution >= 0.6 is 35.3 Å². The zero-order valence-electron chi connectivity index (χ0n) is 15.5. The minimum atomic E-state index is -0.395. The van der Waals surface area contributed by atoms with E-state index in [-0.39, 0.29) is 35.8 Å². The Hall–Kier alpha value is -1.72. The zero-order valence-corrected chi connectivity index (χ0v) is 18.7. The summed E-state index contributed by atoms with van der Waals surface area (Å²) in [6.45, 7) is 2.80. The van der Waals surface area contributed by atoms with Crippen molar-refractivity contribution in [1.29, 1.82) is 0 Å². The summed E-state index contributed by atoms with van der Waals surface area (Å²) in [5, 5.41) is 19.5. The summed E-state index contributed by atoms with van der Waals surface area (Å²) in [5.41, 5.74) is 1.02. The lowest BCUT2D eigenvalue weighted by Gasteiger charge is -2.15. The highest BCUT2D eigenvalue weighted by molar-refractivity contribution is 14.0. The number of hydrogen-bond acceptors (Lipinski definition) is 5. The second-order valence-electron chi connectivity index (χ2n) is 6.36. The number of non-ortho nitro benzene ring substituents is 1. The predicted octanol–water partition coefficient (Wildman–Crippen LogP) is 3.73. The van der Waals surface area contributed by atoms with Gasteiger partial charge in [-0.05, 0) is 36.3 Å². The molecule has 1 aliphatic heterocycles. The molecule has 0 radical (unpaired) electrons. The Kier molecular flexibility index (Phi) is 9.65. The minimum Gasteiger partial charge on any atom is -0.376 e. The lowest BCUT2D eigenvalue weighted by Crippen LogP contribution is -2.41. The molecule has 9 heteroatoms. The fourth-order valence-electron chi connectivity index (χ4n) is 2.84. The number of guanidine groups is 1. The summed E-state index contributed by atoms with van der Waals surface area (Å²) in [5.74, 6) is 0.736. The van der Waals surface area contributed by atoms with E-state index in [1.807, 2.05) is 0 Å². The Balaban J connectivity index is 0.00000280. The molecular formula is C19H25IN4O3S. The average molecular weight is 516 g/mol. The second-order valence-corrected chi connectivity index (χ2v) is 7.39. The molecule has 0 spiro atoms. The molecule has 1 saturated heterocycles. The molecule has 7 nitrogen and oxygen atoms in total. The van der Waals surface area contributed by atoms with Gasteiger partial charge in [-0.2, -0.15) is 0 Å². The van der Waals surface area contributed by atoms with Crippen molar-refractivity contribution in [2.24, 2.45) is 4.99 Å². The number of nitrogens with zero attached hydrogens (tertiary/aromatic N) is 2. The van der Waals surface area contributed by atoms with Gasteiger partial charge in [0.05, 0.1) is 17.6 Å². The molecule has 1 unspecified atom stereocenters. The molecular weight excluding hydrogens is 491 g/mol. The van der Waals surface area contributed by atoms with Gasteiger partial charge in [-0.15, -0.1) is 35.3 Å². The standard InChI is InChI=1S/C19H24N4O3S.HI/c24-23(25)16-7-5-15(6-8-16)13-21-19(22-14-17-3-1-11-26-17)20-10-9-18-4-2-12-27-18;/h2,4-8,12,17H,1,3,9-11,13-14H2,(H2,20,21,22);1H. The van der Waals surface area contributed by atoms with Gasteiger partial charge < -0.3 is 15.4 Å². The molecule has 2 aromatic rings. The fourth-order valence-corrected chi connectivity index (χ4v) is 3.55. The number of benzene rings is 1. The van der Waals surface area contributed by atoms with E-state index in [4.69, 9.17) is 4.74 Å². The number of aliphatic imine (C=N–C) groups is 1. The van der Waals surface area contributed by atoms with E-state index in [9.17, 15) is 10.1 Å². The van der Waals surface area contributed by atoms with Crippen LogP contribution in [0, 0.1) is 10.1 Å². The normalized spacial score (nSPS) is 16.4. The number of thiophene rings is 1. The Morgan fingerprint density at radius 3 is 2.75 bits per heavy atom. The fraction of sp³-hybridized carbons (Fsp3) is 0.421. The highest BCUT2D eigenvalue weighted by atomic mass is 127. The number of ether oxygens (including phenoxy) is 1. The average Bonchev–Trinajstić information content (AvgIpc) is 3.37. The number of nitrogens with one attached hydrogen (secondary N) is 2. The van der Waals surface area contributed by atoms with Crippen LogP contribution in [0.1, 0.15) is 23.3 Å². The van der Waals surface area contributed by atoms with E-state index in [2.05, 4.69) is 33.1 Å². The highest BCUT2D eigenvalue weighted by Gasteiger charge is 2.15. The zero-order chi connectivity index (χ0) is 18.9. The SMILES string of the molecule is I.O=[N+]([O-])c1ccc(CN=C(NCCc2cccs2)NCC2CCCO2)cc1. The first-order valence-electron chi connectivity index (χ1n) is 9.10. The Morgan fingerprint density at radius 2 is 2.11 bits per heavy atom. The largest absolute Gasteiger partial charge is 0.376 e. The second kappa shape index (κ2) is 12.0. The van der Waals surface area contributed by atoms with Gasteiger partial charge in [-0.3, -0.25) is 10.1 Å². The van der Waals surface area contributed by atoms with Gasteiger partial charge in [0, 0.05) is 36.7 Å². The third-order valence-corrected chi connectivity index (χ3v) is 5.27. The maximum Gasteiger partial charge on any atom is 0.269 e. The third kappa shape index (κ3) is 7.36. The quantitative estimate of drug-likeness (QED) is 0.184. The van der Waals surface area contributed by atoms with Crippen LogP contribution in [0.15, 0.2) is 46.8 Å². The molecule has 1 aromatic heterocycles. The molecule has 2 heterocycles. The monoisotopic (exact) mass is 516 g/mol. The van der Waals surface area contributed by atoms with Gasteiger partial charge in [-0.25, -0.2) is 4.99 Å². The number of nitro benzene ring substituents is 1. The first-order valence-corrected chi connectivity index (χ1v) is 9.98. The Labute approximate surface area is 185 Å². The molecule has 3 rings (SSSR count). The molecule has 1 fully saturated rings. The molecule has 152 valence electrons. The van der Waals surface area contributed by atoms with Gasteiger partial charge >= 0.3 is 0 Å². The van der Waals surface area contributed by atoms with Crippen molar-refractivity contribution in [2.45, 2.75) is 31.9 Å². The van der Waals surface area contributed by atoms with Crippen LogP contribution in [0.2, 0.25) is 0 Å². The molecule has 0 bridgehead atoms. The van der Waals surface area contributed by atoms with Crippen molar-refractivity contribution in [3.05, 3.63) is 62.3 Å². The van der Waals surface area contributed by atoms with Crippen LogP contribution in [0.25, 0.3) is 0 Å². The van der Waals surface area contributed by atoms with Gasteiger partial charge in [0.2, 0.25) is 0 Å². The third-order valence-electron chi connectivity index (χ3n) is 4.33. The van der Waals surface area contributed by atoms with Gasteiger partial charge in [-0.1, -0.05) is 18.2 Å². The summed E-state index contributed by atoms with van der Waals surface area (Å²) in [6, 6.07) is 10.7. The van der Waals surface area contributed by atoms with Crippen LogP contribution in [0.5, 0.6) is 0 Å². The Morgan fingerprint density at radius 1 is 1.29 bits per heavy atom. The first-order chi connectivity index (χ1) is 13.2. The highest BCUT2D eigenvalue weighted by Crippen LogP contribution is 2.13. The summed E-state index contributed by atoms with van der Waals surface area (Å²) >= 11 is 1.75. The summed E-state index contributed by atoms with van der Waals surface area (Å²) in [6.07, 6.45) is 3.34. The maximum atomic E-state index is 10.8. The molecule has 1 aliphatic rings. The minimum absolute atomic E-state index is 0. The molecule has 1 atom stereocenters. The number of hydrogen-bond donors (Lipinski definition) is 2. The summed E-state index contributed by atoms with van der Waals surface area (Å²) < 4.78 is 5.66. The van der Waals surface area contributed by atoms with Crippen LogP contribution in [0.4, 0.5) is 5.69 Å². The van der Waals surface area contributed by atoms with E-state index in [0.717, 1.165) is 50.5 Å². The Bertz CT molecular complexity index is 747. The van der Waals surface area contributed by atoms with Crippen molar-refractivity contribution in [3.8, 4) is 0 Å². The maximum absolute atomic E-state index is 10.8. The molecule has 0 saturated carbocycles. The van der Waals surface area contributed by atoms with Crippen LogP contribution in [-0.2, 0) is 17.7 Å². The first kappa shape index (κ1) is 22.6. The van der Waals surface area contributed by atoms with Gasteiger partial charge in [0.25, 0.3) is 5.69 Å². The van der Waals surface area contributed by atoms with Crippen molar-refractivity contribution in [3.63, 3.8) is 0 Å². The lowest BCUT2D eigenvalue weighted by atomic mass is 10.2. The summed E-state index contributed by atoms with van der Waals surface area (Å²) in [4.78, 5) is 16.3. The van der Waals surface area contributed by atoms with Crippen molar-refractivity contribution < 1.29 is 9.66 Å². The van der Waals surface area contributed by atoms with Crippen LogP contribution in [0.3, 0.4) is 0 Å². The summed E-state index contributed by atoms with van der Waals surface area (Å²) in [7, 11) is 0. The molecule has 28 heavy (non-hydrogen) atoms. The van der Waals surface area contributed by atoms with Gasteiger partial charge in [0.1, 0.15) is 0 Å².